The van der Waals surface area contributed by atoms with E-state index >= 15 is 0 Å². The van der Waals surface area contributed by atoms with Crippen LogP contribution in [0.25, 0.3) is 0 Å². The zero-order chi connectivity index (χ0) is 16.2. The van der Waals surface area contributed by atoms with Crippen molar-refractivity contribution in [2.24, 2.45) is 0 Å². The van der Waals surface area contributed by atoms with Crippen molar-refractivity contribution < 1.29 is 4.74 Å². The van der Waals surface area contributed by atoms with Crippen molar-refractivity contribution in [3.8, 4) is 5.75 Å². The normalized spacial score (nSPS) is 18.0. The zero-order valence-corrected chi connectivity index (χ0v) is 15.4. The van der Waals surface area contributed by atoms with Crippen LogP contribution in [-0.2, 0) is 6.54 Å². The maximum atomic E-state index is 5.48. The highest BCUT2D eigenvalue weighted by atomic mass is 35.5. The second-order valence-corrected chi connectivity index (χ2v) is 6.24. The van der Waals surface area contributed by atoms with Gasteiger partial charge in [-0.3, -0.25) is 9.88 Å². The second-order valence-electron chi connectivity index (χ2n) is 6.24. The minimum absolute atomic E-state index is 0. The standard InChI is InChI=1S/C19H25N3O.ClH/c1-14-9-16(10-15(2)19(14)23-3)13-22-8-7-21-12-18(22)17-5-4-6-20-11-17;/h4-6,9-11,18,21H,7-8,12-13H2,1-3H3;1H. The van der Waals surface area contributed by atoms with E-state index in [1.165, 1.54) is 22.3 Å². The number of aromatic nitrogens is 1. The minimum Gasteiger partial charge on any atom is -0.496 e. The molecule has 0 bridgehead atoms. The number of ether oxygens (including phenoxy) is 1. The van der Waals surface area contributed by atoms with Crippen LogP contribution in [-0.4, -0.2) is 36.6 Å². The molecule has 24 heavy (non-hydrogen) atoms. The van der Waals surface area contributed by atoms with Gasteiger partial charge in [-0.2, -0.15) is 0 Å². The predicted octanol–water partition coefficient (Wildman–Crippen LogP) is 3.28. The number of hydrogen-bond donors (Lipinski definition) is 1. The highest BCUT2D eigenvalue weighted by molar-refractivity contribution is 5.85. The molecule has 5 heteroatoms. The number of halogens is 1. The van der Waals surface area contributed by atoms with Gasteiger partial charge >= 0.3 is 0 Å². The Balaban J connectivity index is 0.00000208. The van der Waals surface area contributed by atoms with E-state index in [2.05, 4.69) is 47.2 Å². The Morgan fingerprint density at radius 2 is 2.04 bits per heavy atom. The lowest BCUT2D eigenvalue weighted by atomic mass is 10.0. The number of hydrogen-bond acceptors (Lipinski definition) is 4. The van der Waals surface area contributed by atoms with Crippen molar-refractivity contribution in [1.82, 2.24) is 15.2 Å². The van der Waals surface area contributed by atoms with Crippen LogP contribution in [0.1, 0.15) is 28.3 Å². The van der Waals surface area contributed by atoms with Crippen LogP contribution >= 0.6 is 12.4 Å². The Hall–Kier alpha value is -1.62. The number of pyridine rings is 1. The molecular weight excluding hydrogens is 322 g/mol. The van der Waals surface area contributed by atoms with Crippen LogP contribution in [0.3, 0.4) is 0 Å². The third-order valence-corrected chi connectivity index (χ3v) is 4.53. The quantitative estimate of drug-likeness (QED) is 0.921. The fourth-order valence-corrected chi connectivity index (χ4v) is 3.53. The maximum absolute atomic E-state index is 5.48. The van der Waals surface area contributed by atoms with Crippen LogP contribution in [0.4, 0.5) is 0 Å². The van der Waals surface area contributed by atoms with E-state index < -0.39 is 0 Å². The molecule has 0 saturated carbocycles. The van der Waals surface area contributed by atoms with Crippen molar-refractivity contribution in [1.29, 1.82) is 0 Å². The number of nitrogens with one attached hydrogen (secondary N) is 1. The smallest absolute Gasteiger partial charge is 0.124 e. The summed E-state index contributed by atoms with van der Waals surface area (Å²) >= 11 is 0. The fourth-order valence-electron chi connectivity index (χ4n) is 3.53. The first-order valence-corrected chi connectivity index (χ1v) is 8.18. The SMILES string of the molecule is COc1c(C)cc(CN2CCNCC2c2cccnc2)cc1C.Cl. The average molecular weight is 348 g/mol. The molecule has 1 atom stereocenters. The Morgan fingerprint density at radius 1 is 1.29 bits per heavy atom. The topological polar surface area (TPSA) is 37.4 Å². The first-order chi connectivity index (χ1) is 11.2. The van der Waals surface area contributed by atoms with Crippen molar-refractivity contribution in [3.63, 3.8) is 0 Å². The van der Waals surface area contributed by atoms with Gasteiger partial charge < -0.3 is 10.1 Å². The molecule has 130 valence electrons. The van der Waals surface area contributed by atoms with Crippen molar-refractivity contribution in [2.45, 2.75) is 26.4 Å². The fraction of sp³-hybridized carbons (Fsp3) is 0.421. The lowest BCUT2D eigenvalue weighted by molar-refractivity contribution is 0.153. The van der Waals surface area contributed by atoms with Crippen LogP contribution in [0, 0.1) is 13.8 Å². The molecule has 1 aliphatic rings. The summed E-state index contributed by atoms with van der Waals surface area (Å²) in [6, 6.07) is 9.05. The van der Waals surface area contributed by atoms with Crippen molar-refractivity contribution >= 4 is 12.4 Å². The van der Waals surface area contributed by atoms with Gasteiger partial charge in [0, 0.05) is 44.6 Å². The summed E-state index contributed by atoms with van der Waals surface area (Å²) in [7, 11) is 1.74. The van der Waals surface area contributed by atoms with Crippen LogP contribution < -0.4 is 10.1 Å². The first-order valence-electron chi connectivity index (χ1n) is 8.18. The van der Waals surface area contributed by atoms with Gasteiger partial charge in [0.25, 0.3) is 0 Å². The summed E-state index contributed by atoms with van der Waals surface area (Å²) in [4.78, 5) is 6.82. The summed E-state index contributed by atoms with van der Waals surface area (Å²) in [6.07, 6.45) is 3.81. The monoisotopic (exact) mass is 347 g/mol. The lowest BCUT2D eigenvalue weighted by Crippen LogP contribution is -2.45. The van der Waals surface area contributed by atoms with Gasteiger partial charge in [0.05, 0.1) is 7.11 Å². The molecule has 0 radical (unpaired) electrons. The van der Waals surface area contributed by atoms with Gasteiger partial charge in [-0.1, -0.05) is 18.2 Å². The molecule has 2 heterocycles. The molecule has 0 aliphatic carbocycles. The summed E-state index contributed by atoms with van der Waals surface area (Å²) in [5.41, 5.74) is 5.03. The number of methoxy groups -OCH3 is 1. The number of benzene rings is 1. The van der Waals surface area contributed by atoms with Gasteiger partial charge in [0.15, 0.2) is 0 Å². The van der Waals surface area contributed by atoms with E-state index in [4.69, 9.17) is 4.74 Å². The minimum atomic E-state index is 0. The molecule has 1 aliphatic heterocycles. The first kappa shape index (κ1) is 18.7. The second kappa shape index (κ2) is 8.47. The largest absolute Gasteiger partial charge is 0.496 e. The van der Waals surface area contributed by atoms with E-state index in [1.807, 2.05) is 18.5 Å². The van der Waals surface area contributed by atoms with Crippen molar-refractivity contribution in [2.75, 3.05) is 26.7 Å². The summed E-state index contributed by atoms with van der Waals surface area (Å²) in [6.45, 7) is 8.23. The van der Waals surface area contributed by atoms with E-state index in [0.29, 0.717) is 6.04 Å². The molecule has 1 unspecified atom stereocenters. The molecule has 0 spiro atoms. The maximum Gasteiger partial charge on any atom is 0.124 e. The van der Waals surface area contributed by atoms with Crippen LogP contribution in [0.2, 0.25) is 0 Å². The molecule has 1 saturated heterocycles. The summed E-state index contributed by atoms with van der Waals surface area (Å²) in [5.74, 6) is 0.998. The lowest BCUT2D eigenvalue weighted by Gasteiger charge is -2.36. The van der Waals surface area contributed by atoms with E-state index in [1.54, 1.807) is 7.11 Å². The predicted molar refractivity (Wildman–Crippen MR) is 100.0 cm³/mol. The molecule has 0 amide bonds. The third-order valence-electron chi connectivity index (χ3n) is 4.53. The van der Waals surface area contributed by atoms with Crippen LogP contribution in [0.15, 0.2) is 36.7 Å². The molecule has 1 aromatic carbocycles. The molecule has 1 fully saturated rings. The third kappa shape index (κ3) is 4.07. The average Bonchev–Trinajstić information content (AvgIpc) is 2.56. The number of nitrogens with zero attached hydrogens (tertiary/aromatic N) is 2. The molecule has 1 N–H and O–H groups in total. The highest BCUT2D eigenvalue weighted by Crippen LogP contribution is 2.28. The van der Waals surface area contributed by atoms with E-state index in [-0.39, 0.29) is 12.4 Å². The highest BCUT2D eigenvalue weighted by Gasteiger charge is 2.24. The Labute approximate surface area is 150 Å². The van der Waals surface area contributed by atoms with E-state index in [9.17, 15) is 0 Å². The molecule has 3 rings (SSSR count). The van der Waals surface area contributed by atoms with Gasteiger partial charge in [0.1, 0.15) is 5.75 Å². The zero-order valence-electron chi connectivity index (χ0n) is 14.6. The summed E-state index contributed by atoms with van der Waals surface area (Å²) < 4.78 is 5.48. The summed E-state index contributed by atoms with van der Waals surface area (Å²) in [5, 5.41) is 3.50. The van der Waals surface area contributed by atoms with Crippen LogP contribution in [0.5, 0.6) is 5.75 Å². The van der Waals surface area contributed by atoms with Gasteiger partial charge in [0.2, 0.25) is 0 Å². The Kier molecular flexibility index (Phi) is 6.60. The molecule has 1 aromatic heterocycles. The van der Waals surface area contributed by atoms with Gasteiger partial charge in [-0.25, -0.2) is 0 Å². The van der Waals surface area contributed by atoms with Gasteiger partial charge in [-0.05, 0) is 42.2 Å². The van der Waals surface area contributed by atoms with Gasteiger partial charge in [-0.15, -0.1) is 12.4 Å². The number of rotatable bonds is 4. The van der Waals surface area contributed by atoms with E-state index in [0.717, 1.165) is 31.9 Å². The Bertz CT molecular complexity index is 640. The molecule has 4 nitrogen and oxygen atoms in total. The van der Waals surface area contributed by atoms with Crippen molar-refractivity contribution in [3.05, 3.63) is 58.9 Å². The number of aryl methyl sites for hydroxylation is 2. The molecular formula is C19H26ClN3O. The Morgan fingerprint density at radius 3 is 2.67 bits per heavy atom. The molecule has 2 aromatic rings. The number of piperazine rings is 1.